The monoisotopic (exact) mass is 357 g/mol. The summed E-state index contributed by atoms with van der Waals surface area (Å²) in [6.07, 6.45) is 3.63. The second kappa shape index (κ2) is 8.29. The molecular formula is C18H16BrNO2. The number of hydrogen-bond donors (Lipinski definition) is 1. The summed E-state index contributed by atoms with van der Waals surface area (Å²) < 4.78 is 0.967. The molecule has 0 heterocycles. The smallest absolute Gasteiger partial charge is 0.291 e. The topological polar surface area (TPSA) is 46.2 Å². The van der Waals surface area contributed by atoms with Gasteiger partial charge in [-0.1, -0.05) is 64.5 Å². The zero-order valence-electron chi connectivity index (χ0n) is 12.0. The minimum atomic E-state index is -0.579. The molecule has 0 aliphatic rings. The van der Waals surface area contributed by atoms with E-state index < -0.39 is 11.7 Å². The van der Waals surface area contributed by atoms with E-state index in [0.717, 1.165) is 15.6 Å². The van der Waals surface area contributed by atoms with Crippen molar-refractivity contribution in [3.63, 3.8) is 0 Å². The van der Waals surface area contributed by atoms with Gasteiger partial charge in [0.05, 0.1) is 0 Å². The third-order valence-electron chi connectivity index (χ3n) is 3.06. The van der Waals surface area contributed by atoms with Crippen LogP contribution in [0.15, 0.2) is 65.1 Å². The van der Waals surface area contributed by atoms with Gasteiger partial charge in [-0.25, -0.2) is 0 Å². The quantitative estimate of drug-likeness (QED) is 0.636. The number of ketones is 1. The van der Waals surface area contributed by atoms with Crippen LogP contribution in [-0.2, 0) is 16.0 Å². The van der Waals surface area contributed by atoms with Crippen molar-refractivity contribution >= 4 is 33.7 Å². The van der Waals surface area contributed by atoms with Crippen LogP contribution in [0.25, 0.3) is 6.08 Å². The Bertz CT molecular complexity index is 663. The first kappa shape index (κ1) is 16.2. The molecule has 0 aliphatic heterocycles. The van der Waals surface area contributed by atoms with Gasteiger partial charge in [-0.05, 0) is 35.8 Å². The van der Waals surface area contributed by atoms with Gasteiger partial charge in [-0.3, -0.25) is 9.59 Å². The highest BCUT2D eigenvalue weighted by atomic mass is 79.9. The molecule has 0 saturated carbocycles. The summed E-state index contributed by atoms with van der Waals surface area (Å²) in [5, 5.41) is 2.63. The first-order chi connectivity index (χ1) is 10.6. The Morgan fingerprint density at radius 2 is 1.68 bits per heavy atom. The highest BCUT2D eigenvalue weighted by Crippen LogP contribution is 2.11. The van der Waals surface area contributed by atoms with Gasteiger partial charge in [-0.15, -0.1) is 0 Å². The summed E-state index contributed by atoms with van der Waals surface area (Å²) in [7, 11) is 0. The van der Waals surface area contributed by atoms with E-state index in [2.05, 4.69) is 21.2 Å². The summed E-state index contributed by atoms with van der Waals surface area (Å²) in [6, 6.07) is 17.3. The number of carbonyl (C=O) groups excluding carboxylic acids is 2. The summed E-state index contributed by atoms with van der Waals surface area (Å²) in [5.41, 5.74) is 1.99. The molecule has 0 bridgehead atoms. The molecule has 2 aromatic carbocycles. The third kappa shape index (κ3) is 5.30. The molecule has 0 fully saturated rings. The van der Waals surface area contributed by atoms with Crippen LogP contribution >= 0.6 is 15.9 Å². The summed E-state index contributed by atoms with van der Waals surface area (Å²) >= 11 is 3.34. The highest BCUT2D eigenvalue weighted by Gasteiger charge is 2.08. The maximum Gasteiger partial charge on any atom is 0.291 e. The standard InChI is InChI=1S/C18H16BrNO2/c19-16-9-6-15(7-10-16)8-11-17(21)18(22)20-13-12-14-4-2-1-3-5-14/h1-11H,12-13H2,(H,20,22)/b11-8+. The SMILES string of the molecule is O=C(/C=C/c1ccc(Br)cc1)C(=O)NCCc1ccccc1. The zero-order chi connectivity index (χ0) is 15.8. The van der Waals surface area contributed by atoms with Crippen molar-refractivity contribution in [3.8, 4) is 0 Å². The van der Waals surface area contributed by atoms with E-state index in [1.54, 1.807) is 6.08 Å². The first-order valence-electron chi connectivity index (χ1n) is 6.95. The van der Waals surface area contributed by atoms with Crippen LogP contribution in [0.3, 0.4) is 0 Å². The van der Waals surface area contributed by atoms with Crippen molar-refractivity contribution in [3.05, 3.63) is 76.3 Å². The summed E-state index contributed by atoms with van der Waals surface area (Å²) in [6.45, 7) is 0.445. The van der Waals surface area contributed by atoms with E-state index >= 15 is 0 Å². The molecule has 1 amide bonds. The lowest BCUT2D eigenvalue weighted by Gasteiger charge is -2.03. The van der Waals surface area contributed by atoms with Crippen LogP contribution in [0.2, 0.25) is 0 Å². The van der Waals surface area contributed by atoms with E-state index in [-0.39, 0.29) is 0 Å². The van der Waals surface area contributed by atoms with E-state index in [1.807, 2.05) is 54.6 Å². The fraction of sp³-hybridized carbons (Fsp3) is 0.111. The fourth-order valence-electron chi connectivity index (χ4n) is 1.87. The number of halogens is 1. The zero-order valence-corrected chi connectivity index (χ0v) is 13.5. The van der Waals surface area contributed by atoms with Gasteiger partial charge in [0.2, 0.25) is 5.78 Å². The van der Waals surface area contributed by atoms with Crippen LogP contribution in [0.5, 0.6) is 0 Å². The minimum absolute atomic E-state index is 0.445. The Morgan fingerprint density at radius 3 is 2.36 bits per heavy atom. The third-order valence-corrected chi connectivity index (χ3v) is 3.59. The van der Waals surface area contributed by atoms with Gasteiger partial charge in [0.25, 0.3) is 5.91 Å². The van der Waals surface area contributed by atoms with Crippen LogP contribution < -0.4 is 5.32 Å². The first-order valence-corrected chi connectivity index (χ1v) is 7.74. The molecule has 2 aromatic rings. The number of benzene rings is 2. The van der Waals surface area contributed by atoms with Crippen molar-refractivity contribution in [2.24, 2.45) is 0 Å². The molecule has 0 atom stereocenters. The van der Waals surface area contributed by atoms with Crippen molar-refractivity contribution in [1.82, 2.24) is 5.32 Å². The number of nitrogens with one attached hydrogen (secondary N) is 1. The number of amides is 1. The molecule has 112 valence electrons. The summed E-state index contributed by atoms with van der Waals surface area (Å²) in [4.78, 5) is 23.4. The molecule has 22 heavy (non-hydrogen) atoms. The molecule has 0 aliphatic carbocycles. The molecule has 0 radical (unpaired) electrons. The van der Waals surface area contributed by atoms with Gasteiger partial charge in [-0.2, -0.15) is 0 Å². The minimum Gasteiger partial charge on any atom is -0.349 e. The predicted octanol–water partition coefficient (Wildman–Crippen LogP) is 3.39. The molecule has 0 aromatic heterocycles. The second-order valence-electron chi connectivity index (χ2n) is 4.74. The fourth-order valence-corrected chi connectivity index (χ4v) is 2.14. The number of rotatable bonds is 6. The van der Waals surface area contributed by atoms with E-state index in [4.69, 9.17) is 0 Å². The van der Waals surface area contributed by atoms with Crippen molar-refractivity contribution in [1.29, 1.82) is 0 Å². The molecule has 2 rings (SSSR count). The van der Waals surface area contributed by atoms with Crippen molar-refractivity contribution < 1.29 is 9.59 Å². The van der Waals surface area contributed by atoms with E-state index in [0.29, 0.717) is 13.0 Å². The van der Waals surface area contributed by atoms with Gasteiger partial charge in [0.1, 0.15) is 0 Å². The molecule has 0 saturated heterocycles. The maximum atomic E-state index is 11.7. The van der Waals surface area contributed by atoms with Crippen molar-refractivity contribution in [2.75, 3.05) is 6.54 Å². The van der Waals surface area contributed by atoms with E-state index in [1.165, 1.54) is 6.08 Å². The lowest BCUT2D eigenvalue weighted by molar-refractivity contribution is -0.135. The molecule has 3 nitrogen and oxygen atoms in total. The van der Waals surface area contributed by atoms with Crippen LogP contribution in [0.4, 0.5) is 0 Å². The second-order valence-corrected chi connectivity index (χ2v) is 5.66. The molecular weight excluding hydrogens is 342 g/mol. The molecule has 0 unspecified atom stereocenters. The van der Waals surface area contributed by atoms with Gasteiger partial charge < -0.3 is 5.32 Å². The highest BCUT2D eigenvalue weighted by molar-refractivity contribution is 9.10. The lowest BCUT2D eigenvalue weighted by Crippen LogP contribution is -2.31. The average molecular weight is 358 g/mol. The Labute approximate surface area is 138 Å². The Kier molecular flexibility index (Phi) is 6.10. The van der Waals surface area contributed by atoms with Crippen LogP contribution in [0.1, 0.15) is 11.1 Å². The van der Waals surface area contributed by atoms with Gasteiger partial charge in [0, 0.05) is 11.0 Å². The lowest BCUT2D eigenvalue weighted by atomic mass is 10.1. The van der Waals surface area contributed by atoms with Crippen molar-refractivity contribution in [2.45, 2.75) is 6.42 Å². The Morgan fingerprint density at radius 1 is 1.00 bits per heavy atom. The predicted molar refractivity (Wildman–Crippen MR) is 91.3 cm³/mol. The normalized spacial score (nSPS) is 10.6. The molecule has 4 heteroatoms. The summed E-state index contributed by atoms with van der Waals surface area (Å²) in [5.74, 6) is -1.12. The Hall–Kier alpha value is -2.20. The largest absolute Gasteiger partial charge is 0.349 e. The maximum absolute atomic E-state index is 11.7. The molecule has 1 N–H and O–H groups in total. The Balaban J connectivity index is 1.79. The number of hydrogen-bond acceptors (Lipinski definition) is 2. The van der Waals surface area contributed by atoms with Crippen LogP contribution in [-0.4, -0.2) is 18.2 Å². The van der Waals surface area contributed by atoms with E-state index in [9.17, 15) is 9.59 Å². The van der Waals surface area contributed by atoms with Crippen LogP contribution in [0, 0.1) is 0 Å². The molecule has 0 spiro atoms. The van der Waals surface area contributed by atoms with Gasteiger partial charge >= 0.3 is 0 Å². The van der Waals surface area contributed by atoms with Gasteiger partial charge in [0.15, 0.2) is 0 Å². The number of carbonyl (C=O) groups is 2. The average Bonchev–Trinajstić information content (AvgIpc) is 2.55.